The van der Waals surface area contributed by atoms with E-state index >= 15 is 0 Å². The van der Waals surface area contributed by atoms with Crippen molar-refractivity contribution in [3.05, 3.63) is 64.4 Å². The predicted molar refractivity (Wildman–Crippen MR) is 66.5 cm³/mol. The van der Waals surface area contributed by atoms with Gasteiger partial charge in [0, 0.05) is 11.2 Å². The summed E-state index contributed by atoms with van der Waals surface area (Å²) in [4.78, 5) is 4.28. The van der Waals surface area contributed by atoms with Crippen LogP contribution in [0.15, 0.2) is 42.6 Å². The minimum atomic E-state index is -0.197. The van der Waals surface area contributed by atoms with Crippen LogP contribution in [0.4, 0.5) is 0 Å². The number of nitrogens with zero attached hydrogens (tertiary/aromatic N) is 1. The molecule has 0 saturated carbocycles. The first-order chi connectivity index (χ1) is 7.66. The lowest BCUT2D eigenvalue weighted by molar-refractivity contribution is 0.826. The first-order valence-electron chi connectivity index (χ1n) is 5.10. The van der Waals surface area contributed by atoms with Crippen LogP contribution in [0.25, 0.3) is 0 Å². The zero-order valence-electron chi connectivity index (χ0n) is 9.02. The number of hydrogen-bond donors (Lipinski definition) is 1. The van der Waals surface area contributed by atoms with Gasteiger partial charge in [0.1, 0.15) is 0 Å². The van der Waals surface area contributed by atoms with Crippen molar-refractivity contribution < 1.29 is 0 Å². The molecule has 0 fully saturated rings. The second kappa shape index (κ2) is 4.64. The zero-order valence-corrected chi connectivity index (χ0v) is 9.78. The number of halogens is 1. The summed E-state index contributed by atoms with van der Waals surface area (Å²) in [6.07, 6.45) is 1.78. The topological polar surface area (TPSA) is 38.9 Å². The van der Waals surface area contributed by atoms with Gasteiger partial charge < -0.3 is 5.73 Å². The van der Waals surface area contributed by atoms with Gasteiger partial charge in [-0.05, 0) is 42.3 Å². The van der Waals surface area contributed by atoms with Gasteiger partial charge in [0.2, 0.25) is 0 Å². The van der Waals surface area contributed by atoms with Crippen LogP contribution in [-0.4, -0.2) is 4.98 Å². The summed E-state index contributed by atoms with van der Waals surface area (Å²) in [6.45, 7) is 2.03. The summed E-state index contributed by atoms with van der Waals surface area (Å²) < 4.78 is 0. The molecule has 1 heterocycles. The lowest BCUT2D eigenvalue weighted by Crippen LogP contribution is -2.13. The Bertz CT molecular complexity index is 480. The lowest BCUT2D eigenvalue weighted by Gasteiger charge is -2.11. The Morgan fingerprint density at radius 1 is 1.19 bits per heavy atom. The van der Waals surface area contributed by atoms with Crippen LogP contribution in [0.5, 0.6) is 0 Å². The molecule has 1 atom stereocenters. The van der Waals surface area contributed by atoms with Crippen molar-refractivity contribution in [3.8, 4) is 0 Å². The van der Waals surface area contributed by atoms with Crippen molar-refractivity contribution in [1.82, 2.24) is 4.98 Å². The van der Waals surface area contributed by atoms with E-state index in [-0.39, 0.29) is 6.04 Å². The summed E-state index contributed by atoms with van der Waals surface area (Å²) >= 11 is 5.83. The van der Waals surface area contributed by atoms with Gasteiger partial charge in [-0.15, -0.1) is 0 Å². The highest BCUT2D eigenvalue weighted by Gasteiger charge is 2.09. The maximum atomic E-state index is 6.13. The van der Waals surface area contributed by atoms with E-state index in [9.17, 15) is 0 Å². The quantitative estimate of drug-likeness (QED) is 0.864. The highest BCUT2D eigenvalue weighted by atomic mass is 35.5. The molecule has 1 aromatic carbocycles. The molecule has 0 aliphatic carbocycles. The molecule has 0 bridgehead atoms. The second-order valence-electron chi connectivity index (χ2n) is 3.79. The zero-order chi connectivity index (χ0) is 11.5. The van der Waals surface area contributed by atoms with Crippen LogP contribution in [0.2, 0.25) is 5.02 Å². The van der Waals surface area contributed by atoms with E-state index in [4.69, 9.17) is 17.3 Å². The average molecular weight is 233 g/mol. The van der Waals surface area contributed by atoms with Crippen LogP contribution < -0.4 is 5.73 Å². The summed E-state index contributed by atoms with van der Waals surface area (Å²) in [7, 11) is 0. The Hall–Kier alpha value is -1.38. The molecular weight excluding hydrogens is 220 g/mol. The van der Waals surface area contributed by atoms with E-state index < -0.39 is 0 Å². The molecule has 1 unspecified atom stereocenters. The van der Waals surface area contributed by atoms with Gasteiger partial charge in [-0.1, -0.05) is 23.7 Å². The van der Waals surface area contributed by atoms with Crippen molar-refractivity contribution in [2.75, 3.05) is 0 Å². The molecule has 16 heavy (non-hydrogen) atoms. The number of aromatic nitrogens is 1. The van der Waals surface area contributed by atoms with Crippen LogP contribution in [-0.2, 0) is 0 Å². The molecule has 0 aliphatic heterocycles. The minimum Gasteiger partial charge on any atom is -0.319 e. The molecule has 3 heteroatoms. The van der Waals surface area contributed by atoms with E-state index in [1.165, 1.54) is 0 Å². The van der Waals surface area contributed by atoms with E-state index in [0.29, 0.717) is 5.02 Å². The maximum Gasteiger partial charge on any atom is 0.0726 e. The summed E-state index contributed by atoms with van der Waals surface area (Å²) in [5.41, 5.74) is 9.18. The molecule has 2 nitrogen and oxygen atoms in total. The van der Waals surface area contributed by atoms with Crippen LogP contribution in [0, 0.1) is 6.92 Å². The Kier molecular flexibility index (Phi) is 3.22. The van der Waals surface area contributed by atoms with E-state index in [1.54, 1.807) is 6.20 Å². The van der Waals surface area contributed by atoms with Crippen LogP contribution in [0.3, 0.4) is 0 Å². The standard InChI is InChI=1S/C13H13ClN2/c1-9-6-7-16-12(8-9)13(15)10-2-4-11(14)5-3-10/h2-8,13H,15H2,1H3. The Balaban J connectivity index is 2.31. The fourth-order valence-corrected chi connectivity index (χ4v) is 1.70. The van der Waals surface area contributed by atoms with Gasteiger partial charge in [-0.2, -0.15) is 0 Å². The van der Waals surface area contributed by atoms with Gasteiger partial charge in [-0.25, -0.2) is 0 Å². The molecule has 0 aliphatic rings. The first-order valence-corrected chi connectivity index (χ1v) is 5.48. The van der Waals surface area contributed by atoms with Crippen molar-refractivity contribution in [3.63, 3.8) is 0 Å². The molecule has 2 N–H and O–H groups in total. The van der Waals surface area contributed by atoms with Gasteiger partial charge in [0.15, 0.2) is 0 Å². The highest BCUT2D eigenvalue weighted by Crippen LogP contribution is 2.20. The summed E-state index contributed by atoms with van der Waals surface area (Å²) in [5, 5.41) is 0.716. The monoisotopic (exact) mass is 232 g/mol. The second-order valence-corrected chi connectivity index (χ2v) is 4.22. The number of aryl methyl sites for hydroxylation is 1. The lowest BCUT2D eigenvalue weighted by atomic mass is 10.0. The van der Waals surface area contributed by atoms with Gasteiger partial charge in [0.25, 0.3) is 0 Å². The van der Waals surface area contributed by atoms with Crippen molar-refractivity contribution in [2.45, 2.75) is 13.0 Å². The molecule has 0 radical (unpaired) electrons. The SMILES string of the molecule is Cc1ccnc(C(N)c2ccc(Cl)cc2)c1. The van der Waals surface area contributed by atoms with Gasteiger partial charge in [-0.3, -0.25) is 4.98 Å². The number of hydrogen-bond acceptors (Lipinski definition) is 2. The molecule has 0 amide bonds. The molecule has 0 spiro atoms. The molecule has 0 saturated heterocycles. The first kappa shape index (κ1) is 11.1. The Morgan fingerprint density at radius 3 is 2.50 bits per heavy atom. The number of rotatable bonds is 2. The van der Waals surface area contributed by atoms with Crippen molar-refractivity contribution >= 4 is 11.6 Å². The van der Waals surface area contributed by atoms with E-state index in [0.717, 1.165) is 16.8 Å². The Morgan fingerprint density at radius 2 is 1.88 bits per heavy atom. The third-order valence-electron chi connectivity index (χ3n) is 2.48. The van der Waals surface area contributed by atoms with Crippen molar-refractivity contribution in [1.29, 1.82) is 0 Å². The molecule has 2 rings (SSSR count). The molecule has 1 aromatic heterocycles. The minimum absolute atomic E-state index is 0.197. The maximum absolute atomic E-state index is 6.13. The average Bonchev–Trinajstić information content (AvgIpc) is 2.29. The van der Waals surface area contributed by atoms with Gasteiger partial charge in [0.05, 0.1) is 11.7 Å². The van der Waals surface area contributed by atoms with Crippen LogP contribution in [0.1, 0.15) is 22.9 Å². The number of pyridine rings is 1. The Labute approximate surface area is 100 Å². The third-order valence-corrected chi connectivity index (χ3v) is 2.74. The smallest absolute Gasteiger partial charge is 0.0726 e. The van der Waals surface area contributed by atoms with E-state index in [1.807, 2.05) is 43.3 Å². The predicted octanol–water partition coefficient (Wildman–Crippen LogP) is 3.09. The van der Waals surface area contributed by atoms with E-state index in [2.05, 4.69) is 4.98 Å². The number of benzene rings is 1. The highest BCUT2D eigenvalue weighted by molar-refractivity contribution is 6.30. The summed E-state index contributed by atoms with van der Waals surface area (Å²) in [5.74, 6) is 0. The van der Waals surface area contributed by atoms with Crippen LogP contribution >= 0.6 is 11.6 Å². The molecule has 82 valence electrons. The largest absolute Gasteiger partial charge is 0.319 e. The summed E-state index contributed by atoms with van der Waals surface area (Å²) in [6, 6.07) is 11.3. The molecule has 2 aromatic rings. The van der Waals surface area contributed by atoms with Gasteiger partial charge >= 0.3 is 0 Å². The third kappa shape index (κ3) is 2.40. The number of nitrogens with two attached hydrogens (primary N) is 1. The molecular formula is C13H13ClN2. The fourth-order valence-electron chi connectivity index (χ4n) is 1.57. The fraction of sp³-hybridized carbons (Fsp3) is 0.154. The normalized spacial score (nSPS) is 12.4. The van der Waals surface area contributed by atoms with Crippen molar-refractivity contribution in [2.24, 2.45) is 5.73 Å².